The van der Waals surface area contributed by atoms with Crippen LogP contribution in [-0.2, 0) is 10.1 Å². The molecule has 0 aromatic carbocycles. The zero-order chi connectivity index (χ0) is 8.65. The Morgan fingerprint density at radius 3 is 2.25 bits per heavy atom. The van der Waals surface area contributed by atoms with Gasteiger partial charge in [0.2, 0.25) is 5.69 Å². The van der Waals surface area contributed by atoms with Gasteiger partial charge in [0.1, 0.15) is 0 Å². The number of hydrogen-bond donors (Lipinski definition) is 0. The fraction of sp³-hybridized carbons (Fsp3) is 0.333. The van der Waals surface area contributed by atoms with E-state index in [0.717, 1.165) is 6.92 Å². The van der Waals surface area contributed by atoms with Gasteiger partial charge in [-0.2, -0.15) is 0 Å². The van der Waals surface area contributed by atoms with E-state index in [1.807, 2.05) is 0 Å². The summed E-state index contributed by atoms with van der Waals surface area (Å²) in [5, 5.41) is 12.3. The molecule has 0 atom stereocenters. The zero-order valence-electron chi connectivity index (χ0n) is 6.34. The summed E-state index contributed by atoms with van der Waals surface area (Å²) in [6, 6.07) is 0. The van der Waals surface area contributed by atoms with E-state index in [-0.39, 0.29) is 62.0 Å². The van der Waals surface area contributed by atoms with E-state index in [9.17, 15) is 18.2 Å². The molecule has 1 rings (SSSR count). The molecule has 0 spiro atoms. The van der Waals surface area contributed by atoms with Gasteiger partial charge in [0.15, 0.2) is 10.1 Å². The van der Waals surface area contributed by atoms with Crippen molar-refractivity contribution in [2.24, 2.45) is 0 Å². The molecule has 0 radical (unpaired) electrons. The molecular formula is C3H3KN2O5S. The molecule has 0 saturated carbocycles. The molecule has 62 valence electrons. The molecule has 0 saturated heterocycles. The van der Waals surface area contributed by atoms with Gasteiger partial charge in [-0.1, -0.05) is 0 Å². The van der Waals surface area contributed by atoms with Gasteiger partial charge < -0.3 is 9.76 Å². The summed E-state index contributed by atoms with van der Waals surface area (Å²) in [5.74, 6) is 0. The van der Waals surface area contributed by atoms with E-state index in [0.29, 0.717) is 0 Å². The third-order valence-corrected chi connectivity index (χ3v) is 1.86. The first-order valence-corrected chi connectivity index (χ1v) is 3.86. The zero-order valence-corrected chi connectivity index (χ0v) is 10.3. The van der Waals surface area contributed by atoms with Gasteiger partial charge in [-0.15, -0.1) is 0 Å². The molecule has 0 amide bonds. The summed E-state index contributed by atoms with van der Waals surface area (Å²) >= 11 is 0. The van der Waals surface area contributed by atoms with Gasteiger partial charge in [-0.3, -0.25) is 4.63 Å². The summed E-state index contributed by atoms with van der Waals surface area (Å²) < 4.78 is 34.6. The first kappa shape index (κ1) is 12.5. The Kier molecular flexibility index (Phi) is 4.30. The molecule has 1 heterocycles. The molecule has 0 aliphatic carbocycles. The fourth-order valence-corrected chi connectivity index (χ4v) is 1.07. The predicted molar refractivity (Wildman–Crippen MR) is 28.2 cm³/mol. The maximum absolute atomic E-state index is 10.4. The predicted octanol–water partition coefficient (Wildman–Crippen LogP) is -4.48. The van der Waals surface area contributed by atoms with Crippen molar-refractivity contribution in [3.63, 3.8) is 0 Å². The monoisotopic (exact) mass is 218 g/mol. The molecule has 0 fully saturated rings. The Bertz CT molecular complexity index is 370. The molecule has 1 aromatic rings. The first-order valence-electron chi connectivity index (χ1n) is 2.45. The first-order chi connectivity index (χ1) is 4.93. The van der Waals surface area contributed by atoms with Crippen LogP contribution in [0.4, 0.5) is 0 Å². The largest absolute Gasteiger partial charge is 1.00 e. The van der Waals surface area contributed by atoms with Crippen LogP contribution in [0.25, 0.3) is 0 Å². The summed E-state index contributed by atoms with van der Waals surface area (Å²) in [6.45, 7) is 1.12. The number of rotatable bonds is 1. The molecule has 0 aliphatic rings. The van der Waals surface area contributed by atoms with Crippen LogP contribution in [-0.4, -0.2) is 18.1 Å². The summed E-state index contributed by atoms with van der Waals surface area (Å²) in [6.07, 6.45) is 0. The van der Waals surface area contributed by atoms with Crippen LogP contribution in [0.5, 0.6) is 0 Å². The summed E-state index contributed by atoms with van der Waals surface area (Å²) in [4.78, 5) is -0.148. The van der Waals surface area contributed by atoms with Gasteiger partial charge in [-0.25, -0.2) is 8.42 Å². The van der Waals surface area contributed by atoms with Gasteiger partial charge in [0.05, 0.1) is 5.16 Å². The molecule has 7 nitrogen and oxygen atoms in total. The van der Waals surface area contributed by atoms with Crippen molar-refractivity contribution in [2.75, 3.05) is 0 Å². The van der Waals surface area contributed by atoms with Crippen molar-refractivity contribution in [3.05, 3.63) is 10.9 Å². The van der Waals surface area contributed by atoms with Crippen molar-refractivity contribution in [1.29, 1.82) is 0 Å². The second kappa shape index (κ2) is 4.13. The topological polar surface area (TPSA) is 110 Å². The number of hydrogen-bond acceptors (Lipinski definition) is 6. The smallest absolute Gasteiger partial charge is 0.741 e. The van der Waals surface area contributed by atoms with Crippen LogP contribution in [0, 0.1) is 12.1 Å². The molecule has 0 bridgehead atoms. The molecule has 9 heteroatoms. The van der Waals surface area contributed by atoms with Crippen LogP contribution in [0.1, 0.15) is 5.69 Å². The average molecular weight is 218 g/mol. The maximum atomic E-state index is 10.4. The Morgan fingerprint density at radius 1 is 1.58 bits per heavy atom. The third-order valence-electron chi connectivity index (χ3n) is 1.02. The minimum Gasteiger partial charge on any atom is -0.741 e. The van der Waals surface area contributed by atoms with E-state index >= 15 is 0 Å². The molecule has 0 aliphatic heterocycles. The van der Waals surface area contributed by atoms with Crippen molar-refractivity contribution in [1.82, 2.24) is 5.16 Å². The number of aromatic nitrogens is 2. The molecule has 12 heavy (non-hydrogen) atoms. The fourth-order valence-electron chi connectivity index (χ4n) is 0.506. The normalized spacial score (nSPS) is 10.8. The van der Waals surface area contributed by atoms with Crippen LogP contribution in [0.3, 0.4) is 0 Å². The molecule has 1 aromatic heterocycles. The Balaban J connectivity index is 0.00000121. The third kappa shape index (κ3) is 2.49. The van der Waals surface area contributed by atoms with Crippen molar-refractivity contribution in [3.8, 4) is 0 Å². The average Bonchev–Trinajstić information content (AvgIpc) is 2.11. The van der Waals surface area contributed by atoms with Gasteiger partial charge in [0.25, 0.3) is 0 Å². The second-order valence-corrected chi connectivity index (χ2v) is 3.07. The van der Waals surface area contributed by atoms with E-state index < -0.39 is 15.1 Å². The van der Waals surface area contributed by atoms with Crippen LogP contribution < -0.4 is 56.3 Å². The van der Waals surface area contributed by atoms with E-state index in [1.54, 1.807) is 0 Å². The van der Waals surface area contributed by atoms with Crippen molar-refractivity contribution >= 4 is 10.1 Å². The van der Waals surface area contributed by atoms with Crippen LogP contribution in [0.2, 0.25) is 0 Å². The van der Waals surface area contributed by atoms with Crippen LogP contribution >= 0.6 is 0 Å². The summed E-state index contributed by atoms with van der Waals surface area (Å²) in [7, 11) is -4.69. The van der Waals surface area contributed by atoms with E-state index in [2.05, 4.69) is 9.79 Å². The minimum atomic E-state index is -4.69. The maximum Gasteiger partial charge on any atom is 1.00 e. The van der Waals surface area contributed by atoms with E-state index in [4.69, 9.17) is 0 Å². The quantitative estimate of drug-likeness (QED) is 0.267. The standard InChI is InChI=1S/C3H4N2O5S.K/c1-2-3(11(7,8)9)4-10-5(2)6;/h1H3,(H,7,8,9);/q;+1/p-1. The molecule has 0 N–H and O–H groups in total. The van der Waals surface area contributed by atoms with Crippen LogP contribution in [0.15, 0.2) is 9.65 Å². The Labute approximate surface area is 110 Å². The second-order valence-electron chi connectivity index (χ2n) is 1.77. The number of nitrogens with zero attached hydrogens (tertiary/aromatic N) is 2. The minimum absolute atomic E-state index is 0. The Hall–Kier alpha value is 0.486. The van der Waals surface area contributed by atoms with E-state index in [1.165, 1.54) is 0 Å². The van der Waals surface area contributed by atoms with Gasteiger partial charge in [0, 0.05) is 6.92 Å². The van der Waals surface area contributed by atoms with Crippen molar-refractivity contribution in [2.45, 2.75) is 11.9 Å². The Morgan fingerprint density at radius 2 is 2.08 bits per heavy atom. The van der Waals surface area contributed by atoms with Gasteiger partial charge >= 0.3 is 56.4 Å². The SMILES string of the molecule is Cc1c(S(=O)(=O)[O-])no[n+]1[O-].[K+]. The summed E-state index contributed by atoms with van der Waals surface area (Å²) in [5.41, 5.74) is -0.361. The molecular weight excluding hydrogens is 215 g/mol. The van der Waals surface area contributed by atoms with Crippen molar-refractivity contribution < 1.29 is 73.9 Å². The molecule has 0 unspecified atom stereocenters. The van der Waals surface area contributed by atoms with Gasteiger partial charge in [-0.05, 0) is 4.90 Å².